The number of rotatable bonds is 7. The minimum Gasteiger partial charge on any atom is -0.469 e. The summed E-state index contributed by atoms with van der Waals surface area (Å²) in [5.74, 6) is 2.30. The molecule has 0 aromatic carbocycles. The first-order valence-corrected chi connectivity index (χ1v) is 6.50. The maximum absolute atomic E-state index is 11.0. The van der Waals surface area contributed by atoms with Gasteiger partial charge in [-0.05, 0) is 6.92 Å². The van der Waals surface area contributed by atoms with Crippen LogP contribution in [0.4, 0.5) is 11.6 Å². The number of nitrogens with zero attached hydrogens (tertiary/aromatic N) is 2. The summed E-state index contributed by atoms with van der Waals surface area (Å²) in [4.78, 5) is 19.9. The van der Waals surface area contributed by atoms with Gasteiger partial charge in [-0.2, -0.15) is 0 Å². The van der Waals surface area contributed by atoms with E-state index in [1.165, 1.54) is 7.11 Å². The Bertz CT molecular complexity index is 421. The third-order valence-electron chi connectivity index (χ3n) is 2.48. The van der Waals surface area contributed by atoms with Crippen LogP contribution < -0.4 is 10.6 Å². The number of carbonyl (C=O) groups is 1. The summed E-state index contributed by atoms with van der Waals surface area (Å²) in [6.45, 7) is 7.40. The molecule has 0 spiro atoms. The number of nitrogens with one attached hydrogen (secondary N) is 2. The van der Waals surface area contributed by atoms with Crippen LogP contribution in [0.2, 0.25) is 0 Å². The summed E-state index contributed by atoms with van der Waals surface area (Å²) in [7, 11) is 1.38. The molecule has 1 aromatic rings. The number of carbonyl (C=O) groups excluding carboxylic acids is 1. The first-order valence-electron chi connectivity index (χ1n) is 6.50. The van der Waals surface area contributed by atoms with Crippen molar-refractivity contribution >= 4 is 17.6 Å². The predicted octanol–water partition coefficient (Wildman–Crippen LogP) is 2.01. The van der Waals surface area contributed by atoms with Gasteiger partial charge in [-0.3, -0.25) is 4.79 Å². The topological polar surface area (TPSA) is 76.1 Å². The molecule has 0 saturated heterocycles. The number of ether oxygens (including phenoxy) is 1. The Hall–Kier alpha value is -1.85. The fourth-order valence-electron chi connectivity index (χ4n) is 1.48. The van der Waals surface area contributed by atoms with Gasteiger partial charge < -0.3 is 15.4 Å². The Morgan fingerprint density at radius 2 is 1.95 bits per heavy atom. The quantitative estimate of drug-likeness (QED) is 0.735. The Labute approximate surface area is 114 Å². The second kappa shape index (κ2) is 7.56. The number of aromatic nitrogens is 2. The molecule has 0 amide bonds. The molecule has 6 nitrogen and oxygen atoms in total. The molecule has 0 unspecified atom stereocenters. The van der Waals surface area contributed by atoms with E-state index in [4.69, 9.17) is 0 Å². The van der Waals surface area contributed by atoms with Crippen molar-refractivity contribution in [3.05, 3.63) is 11.9 Å². The lowest BCUT2D eigenvalue weighted by Gasteiger charge is -2.12. The maximum atomic E-state index is 11.0. The first-order chi connectivity index (χ1) is 9.06. The second-order valence-corrected chi connectivity index (χ2v) is 4.43. The van der Waals surface area contributed by atoms with Crippen molar-refractivity contribution in [3.63, 3.8) is 0 Å². The van der Waals surface area contributed by atoms with E-state index in [0.717, 1.165) is 24.0 Å². The number of methoxy groups -OCH3 is 1. The lowest BCUT2D eigenvalue weighted by Crippen LogP contribution is -2.13. The average molecular weight is 266 g/mol. The average Bonchev–Trinajstić information content (AvgIpc) is 2.38. The van der Waals surface area contributed by atoms with Gasteiger partial charge in [0.2, 0.25) is 0 Å². The van der Waals surface area contributed by atoms with Gasteiger partial charge in [-0.25, -0.2) is 9.97 Å². The molecule has 0 aliphatic heterocycles. The smallest absolute Gasteiger partial charge is 0.307 e. The van der Waals surface area contributed by atoms with Crippen LogP contribution >= 0.6 is 0 Å². The highest BCUT2D eigenvalue weighted by Gasteiger charge is 2.08. The molecule has 0 aliphatic rings. The van der Waals surface area contributed by atoms with E-state index >= 15 is 0 Å². The highest BCUT2D eigenvalue weighted by Crippen LogP contribution is 2.16. The van der Waals surface area contributed by atoms with Crippen LogP contribution in [0.25, 0.3) is 0 Å². The van der Waals surface area contributed by atoms with Crippen LogP contribution in [0.15, 0.2) is 6.07 Å². The zero-order valence-electron chi connectivity index (χ0n) is 12.0. The molecule has 1 heterocycles. The van der Waals surface area contributed by atoms with Gasteiger partial charge in [0.15, 0.2) is 0 Å². The van der Waals surface area contributed by atoms with Crippen LogP contribution in [-0.2, 0) is 9.53 Å². The Morgan fingerprint density at radius 1 is 1.32 bits per heavy atom. The molecule has 0 radical (unpaired) electrons. The van der Waals surface area contributed by atoms with Gasteiger partial charge in [-0.15, -0.1) is 0 Å². The SMILES string of the molecule is CCNc1cc(NCCC(=O)OC)nc(C(C)C)n1. The zero-order valence-corrected chi connectivity index (χ0v) is 12.0. The van der Waals surface area contributed by atoms with E-state index in [1.54, 1.807) is 0 Å². The molecule has 0 saturated carbocycles. The fourth-order valence-corrected chi connectivity index (χ4v) is 1.48. The van der Waals surface area contributed by atoms with Gasteiger partial charge >= 0.3 is 5.97 Å². The summed E-state index contributed by atoms with van der Waals surface area (Å²) < 4.78 is 4.59. The van der Waals surface area contributed by atoms with Gasteiger partial charge in [0.05, 0.1) is 13.5 Å². The van der Waals surface area contributed by atoms with Crippen molar-refractivity contribution in [2.45, 2.75) is 33.1 Å². The standard InChI is InChI=1S/C13H22N4O2/c1-5-14-10-8-11(15-7-6-12(18)19-4)17-13(16-10)9(2)3/h8-9H,5-7H2,1-4H3,(H2,14,15,16,17). The molecule has 19 heavy (non-hydrogen) atoms. The van der Waals surface area contributed by atoms with E-state index in [2.05, 4.69) is 25.3 Å². The molecule has 0 atom stereocenters. The largest absolute Gasteiger partial charge is 0.469 e. The van der Waals surface area contributed by atoms with Gasteiger partial charge in [0, 0.05) is 25.1 Å². The van der Waals surface area contributed by atoms with Crippen LogP contribution in [0.3, 0.4) is 0 Å². The predicted molar refractivity (Wildman–Crippen MR) is 75.4 cm³/mol. The second-order valence-electron chi connectivity index (χ2n) is 4.43. The molecule has 0 bridgehead atoms. The first kappa shape index (κ1) is 15.2. The minimum absolute atomic E-state index is 0.238. The van der Waals surface area contributed by atoms with Crippen LogP contribution in [0.5, 0.6) is 0 Å². The number of esters is 1. The van der Waals surface area contributed by atoms with Crippen molar-refractivity contribution in [1.82, 2.24) is 9.97 Å². The number of anilines is 2. The Morgan fingerprint density at radius 3 is 2.47 bits per heavy atom. The lowest BCUT2D eigenvalue weighted by molar-refractivity contribution is -0.140. The fraction of sp³-hybridized carbons (Fsp3) is 0.615. The molecule has 1 rings (SSSR count). The van der Waals surface area contributed by atoms with Crippen molar-refractivity contribution < 1.29 is 9.53 Å². The molecule has 106 valence electrons. The van der Waals surface area contributed by atoms with Crippen molar-refractivity contribution in [1.29, 1.82) is 0 Å². The number of hydrogen-bond donors (Lipinski definition) is 2. The normalized spacial score (nSPS) is 10.4. The van der Waals surface area contributed by atoms with Crippen molar-refractivity contribution in [2.75, 3.05) is 30.8 Å². The van der Waals surface area contributed by atoms with Crippen LogP contribution in [-0.4, -0.2) is 36.1 Å². The summed E-state index contributed by atoms with van der Waals surface area (Å²) in [6, 6.07) is 1.84. The van der Waals surface area contributed by atoms with Crippen molar-refractivity contribution in [2.24, 2.45) is 0 Å². The summed E-state index contributed by atoms with van der Waals surface area (Å²) in [5.41, 5.74) is 0. The van der Waals surface area contributed by atoms with Gasteiger partial charge in [0.25, 0.3) is 0 Å². The molecule has 6 heteroatoms. The Kier molecular flexibility index (Phi) is 6.05. The minimum atomic E-state index is -0.238. The van der Waals surface area contributed by atoms with Gasteiger partial charge in [0.1, 0.15) is 17.5 Å². The zero-order chi connectivity index (χ0) is 14.3. The van der Waals surface area contributed by atoms with Crippen LogP contribution in [0.1, 0.15) is 38.9 Å². The summed E-state index contributed by atoms with van der Waals surface area (Å²) in [5, 5.41) is 6.28. The summed E-state index contributed by atoms with van der Waals surface area (Å²) >= 11 is 0. The molecular weight excluding hydrogens is 244 g/mol. The van der Waals surface area contributed by atoms with E-state index in [0.29, 0.717) is 13.0 Å². The van der Waals surface area contributed by atoms with E-state index in [-0.39, 0.29) is 11.9 Å². The maximum Gasteiger partial charge on any atom is 0.307 e. The third-order valence-corrected chi connectivity index (χ3v) is 2.48. The van der Waals surface area contributed by atoms with Gasteiger partial charge in [-0.1, -0.05) is 13.8 Å². The Balaban J connectivity index is 2.72. The van der Waals surface area contributed by atoms with E-state index in [1.807, 2.05) is 26.8 Å². The van der Waals surface area contributed by atoms with Crippen molar-refractivity contribution in [3.8, 4) is 0 Å². The highest BCUT2D eigenvalue weighted by atomic mass is 16.5. The summed E-state index contributed by atoms with van der Waals surface area (Å²) in [6.07, 6.45) is 0.314. The van der Waals surface area contributed by atoms with E-state index < -0.39 is 0 Å². The third kappa shape index (κ3) is 5.11. The molecular formula is C13H22N4O2. The monoisotopic (exact) mass is 266 g/mol. The number of hydrogen-bond acceptors (Lipinski definition) is 6. The molecule has 1 aromatic heterocycles. The van der Waals surface area contributed by atoms with Crippen LogP contribution in [0, 0.1) is 0 Å². The highest BCUT2D eigenvalue weighted by molar-refractivity contribution is 5.69. The van der Waals surface area contributed by atoms with E-state index in [9.17, 15) is 4.79 Å². The molecule has 0 fully saturated rings. The molecule has 0 aliphatic carbocycles. The molecule has 2 N–H and O–H groups in total. The lowest BCUT2D eigenvalue weighted by atomic mass is 10.2.